The van der Waals surface area contributed by atoms with Crippen LogP contribution in [0.4, 0.5) is 5.69 Å². The van der Waals surface area contributed by atoms with Crippen molar-refractivity contribution in [3.8, 4) is 0 Å². The number of piperidine rings is 1. The van der Waals surface area contributed by atoms with Gasteiger partial charge in [-0.15, -0.1) is 0 Å². The molecular formula is C13H21N3O2. The second kappa shape index (κ2) is 5.82. The minimum atomic E-state index is -0.110. The number of aryl methyl sites for hydroxylation is 1. The van der Waals surface area contributed by atoms with Crippen LogP contribution in [0.5, 0.6) is 0 Å². The summed E-state index contributed by atoms with van der Waals surface area (Å²) in [6.45, 7) is 3.40. The predicted molar refractivity (Wildman–Crippen MR) is 72.8 cm³/mol. The van der Waals surface area contributed by atoms with Crippen molar-refractivity contribution in [3.63, 3.8) is 0 Å². The first-order chi connectivity index (χ1) is 8.70. The fourth-order valence-electron chi connectivity index (χ4n) is 2.16. The number of pyridine rings is 1. The Hall–Kier alpha value is -1.62. The van der Waals surface area contributed by atoms with E-state index in [-0.39, 0.29) is 18.9 Å². The van der Waals surface area contributed by atoms with Crippen LogP contribution in [-0.2, 0) is 11.3 Å². The van der Waals surface area contributed by atoms with Crippen molar-refractivity contribution in [1.82, 2.24) is 9.88 Å². The van der Waals surface area contributed by atoms with Crippen LogP contribution in [-0.4, -0.2) is 23.1 Å². The number of carbonyl (C=O) groups excluding carboxylic acids is 1. The summed E-state index contributed by atoms with van der Waals surface area (Å²) >= 11 is 0. The standard InChI is InChI=1S/C13H19N3O2.H2/c1-2-16-9-10(6-7-12(16)17)15-13(18)11-5-3-4-8-14-11;/h6-7,9,11,14H,2-5,8H2,1H3,(H,15,18);1H. The van der Waals surface area contributed by atoms with Gasteiger partial charge in [0.15, 0.2) is 0 Å². The van der Waals surface area contributed by atoms with Crippen LogP contribution in [0.2, 0.25) is 0 Å². The maximum Gasteiger partial charge on any atom is 0.250 e. The van der Waals surface area contributed by atoms with E-state index in [0.29, 0.717) is 12.2 Å². The Morgan fingerprint density at radius 3 is 3.06 bits per heavy atom. The van der Waals surface area contributed by atoms with Gasteiger partial charge in [-0.05, 0) is 32.4 Å². The maximum absolute atomic E-state index is 12.0. The van der Waals surface area contributed by atoms with E-state index in [4.69, 9.17) is 0 Å². The molecule has 2 N–H and O–H groups in total. The lowest BCUT2D eigenvalue weighted by atomic mass is 10.0. The molecule has 1 atom stereocenters. The Morgan fingerprint density at radius 2 is 2.39 bits per heavy atom. The molecule has 2 rings (SSSR count). The van der Waals surface area contributed by atoms with E-state index in [1.165, 1.54) is 6.07 Å². The Labute approximate surface area is 108 Å². The Kier molecular flexibility index (Phi) is 4.15. The molecule has 0 aromatic carbocycles. The van der Waals surface area contributed by atoms with E-state index in [1.807, 2.05) is 6.92 Å². The van der Waals surface area contributed by atoms with Gasteiger partial charge in [-0.1, -0.05) is 6.42 Å². The van der Waals surface area contributed by atoms with Crippen LogP contribution in [0, 0.1) is 0 Å². The molecule has 18 heavy (non-hydrogen) atoms. The van der Waals surface area contributed by atoms with Crippen molar-refractivity contribution in [1.29, 1.82) is 0 Å². The lowest BCUT2D eigenvalue weighted by Gasteiger charge is -2.22. The van der Waals surface area contributed by atoms with Gasteiger partial charge in [0.2, 0.25) is 5.91 Å². The highest BCUT2D eigenvalue weighted by Gasteiger charge is 2.20. The molecule has 1 aromatic rings. The molecule has 0 saturated carbocycles. The van der Waals surface area contributed by atoms with Gasteiger partial charge in [-0.2, -0.15) is 0 Å². The van der Waals surface area contributed by atoms with Crippen molar-refractivity contribution < 1.29 is 6.22 Å². The number of aromatic nitrogens is 1. The Balaban J connectivity index is 0.00000180. The lowest BCUT2D eigenvalue weighted by molar-refractivity contribution is -0.118. The highest BCUT2D eigenvalue weighted by molar-refractivity contribution is 5.94. The Morgan fingerprint density at radius 1 is 1.56 bits per heavy atom. The van der Waals surface area contributed by atoms with Crippen LogP contribution in [0.15, 0.2) is 23.1 Å². The molecule has 1 unspecified atom stereocenters. The van der Waals surface area contributed by atoms with Gasteiger partial charge in [0, 0.05) is 20.2 Å². The van der Waals surface area contributed by atoms with Crippen molar-refractivity contribution in [2.75, 3.05) is 11.9 Å². The molecule has 0 spiro atoms. The van der Waals surface area contributed by atoms with Gasteiger partial charge >= 0.3 is 0 Å². The summed E-state index contributed by atoms with van der Waals surface area (Å²) < 4.78 is 1.57. The zero-order valence-corrected chi connectivity index (χ0v) is 10.6. The van der Waals surface area contributed by atoms with Crippen molar-refractivity contribution in [3.05, 3.63) is 28.7 Å². The summed E-state index contributed by atoms with van der Waals surface area (Å²) in [4.78, 5) is 23.4. The number of amides is 1. The summed E-state index contributed by atoms with van der Waals surface area (Å²) in [5.74, 6) is -0.0176. The zero-order valence-electron chi connectivity index (χ0n) is 10.6. The van der Waals surface area contributed by atoms with Crippen LogP contribution in [0.25, 0.3) is 0 Å². The van der Waals surface area contributed by atoms with Gasteiger partial charge in [-0.25, -0.2) is 0 Å². The number of hydrogen-bond donors (Lipinski definition) is 2. The van der Waals surface area contributed by atoms with Gasteiger partial charge in [-0.3, -0.25) is 9.59 Å². The SMILES string of the molecule is CCn1cc(NC(=O)C2CCCCN2)ccc1=O.[HH]. The summed E-state index contributed by atoms with van der Waals surface area (Å²) in [7, 11) is 0. The van der Waals surface area contributed by atoms with Crippen molar-refractivity contribution >= 4 is 11.6 Å². The molecule has 5 nitrogen and oxygen atoms in total. The van der Waals surface area contributed by atoms with Gasteiger partial charge < -0.3 is 15.2 Å². The number of anilines is 1. The van der Waals surface area contributed by atoms with Crippen LogP contribution >= 0.6 is 0 Å². The average Bonchev–Trinajstić information content (AvgIpc) is 2.42. The van der Waals surface area contributed by atoms with E-state index in [1.54, 1.807) is 16.8 Å². The topological polar surface area (TPSA) is 63.1 Å². The van der Waals surface area contributed by atoms with E-state index in [0.717, 1.165) is 25.8 Å². The second-order valence-corrected chi connectivity index (χ2v) is 4.53. The summed E-state index contributed by atoms with van der Waals surface area (Å²) in [6.07, 6.45) is 4.77. The van der Waals surface area contributed by atoms with Crippen LogP contribution in [0.3, 0.4) is 0 Å². The molecule has 1 aromatic heterocycles. The fourth-order valence-corrected chi connectivity index (χ4v) is 2.16. The van der Waals surface area contributed by atoms with E-state index >= 15 is 0 Å². The average molecular weight is 251 g/mol. The second-order valence-electron chi connectivity index (χ2n) is 4.53. The highest BCUT2D eigenvalue weighted by atomic mass is 16.2. The molecule has 5 heteroatoms. The smallest absolute Gasteiger partial charge is 0.250 e. The van der Waals surface area contributed by atoms with Gasteiger partial charge in [0.05, 0.1) is 11.7 Å². The van der Waals surface area contributed by atoms with Crippen molar-refractivity contribution in [2.24, 2.45) is 0 Å². The molecule has 1 saturated heterocycles. The summed E-state index contributed by atoms with van der Waals surface area (Å²) in [6, 6.07) is 3.02. The molecular weight excluding hydrogens is 230 g/mol. The number of nitrogens with one attached hydrogen (secondary N) is 2. The number of hydrogen-bond acceptors (Lipinski definition) is 3. The molecule has 1 fully saturated rings. The maximum atomic E-state index is 12.0. The number of rotatable bonds is 3. The molecule has 0 aliphatic carbocycles. The minimum absolute atomic E-state index is 0. The lowest BCUT2D eigenvalue weighted by Crippen LogP contribution is -2.43. The molecule has 0 radical (unpaired) electrons. The third kappa shape index (κ3) is 2.98. The first-order valence-electron chi connectivity index (χ1n) is 6.45. The van der Waals surface area contributed by atoms with Crippen LogP contribution in [0.1, 0.15) is 27.6 Å². The quantitative estimate of drug-likeness (QED) is 0.848. The number of carbonyl (C=O) groups is 1. The predicted octanol–water partition coefficient (Wildman–Crippen LogP) is 1.19. The highest BCUT2D eigenvalue weighted by Crippen LogP contribution is 2.10. The van der Waals surface area contributed by atoms with E-state index in [2.05, 4.69) is 10.6 Å². The molecule has 1 aliphatic rings. The monoisotopic (exact) mass is 251 g/mol. The molecule has 100 valence electrons. The molecule has 2 heterocycles. The van der Waals surface area contributed by atoms with Gasteiger partial charge in [0.25, 0.3) is 5.56 Å². The molecule has 0 bridgehead atoms. The zero-order chi connectivity index (χ0) is 13.0. The summed E-state index contributed by atoms with van der Waals surface area (Å²) in [5.41, 5.74) is 0.625. The van der Waals surface area contributed by atoms with Gasteiger partial charge in [0.1, 0.15) is 0 Å². The first kappa shape index (κ1) is 12.8. The summed E-state index contributed by atoms with van der Waals surface area (Å²) in [5, 5.41) is 6.05. The molecule has 1 aliphatic heterocycles. The van der Waals surface area contributed by atoms with E-state index < -0.39 is 0 Å². The minimum Gasteiger partial charge on any atom is -0.323 e. The van der Waals surface area contributed by atoms with E-state index in [9.17, 15) is 9.59 Å². The number of nitrogens with zero attached hydrogens (tertiary/aromatic N) is 1. The largest absolute Gasteiger partial charge is 0.323 e. The Bertz CT molecular complexity index is 481. The third-order valence-corrected chi connectivity index (χ3v) is 3.22. The molecule has 1 amide bonds. The fraction of sp³-hybridized carbons (Fsp3) is 0.538. The third-order valence-electron chi connectivity index (χ3n) is 3.22. The first-order valence-corrected chi connectivity index (χ1v) is 6.45. The van der Waals surface area contributed by atoms with Crippen molar-refractivity contribution in [2.45, 2.75) is 38.8 Å². The van der Waals surface area contributed by atoms with Crippen LogP contribution < -0.4 is 16.2 Å². The normalized spacial score (nSPS) is 19.5.